The van der Waals surface area contributed by atoms with Crippen LogP contribution in [0.25, 0.3) is 0 Å². The fourth-order valence-electron chi connectivity index (χ4n) is 4.40. The van der Waals surface area contributed by atoms with Crippen LogP contribution in [-0.4, -0.2) is 66.0 Å². The first-order chi connectivity index (χ1) is 15.7. The maximum absolute atomic E-state index is 12.6. The Morgan fingerprint density at radius 1 is 0.969 bits per heavy atom. The maximum Gasteiger partial charge on any atom is 0.223 e. The predicted octanol–water partition coefficient (Wildman–Crippen LogP) is 2.80. The minimum atomic E-state index is 0.206. The van der Waals surface area contributed by atoms with Gasteiger partial charge in [0.1, 0.15) is 5.75 Å². The Balaban J connectivity index is 1.25. The first-order valence-electron chi connectivity index (χ1n) is 11.6. The minimum absolute atomic E-state index is 0.206. The molecule has 1 amide bonds. The number of carbonyl (C=O) groups is 1. The van der Waals surface area contributed by atoms with Crippen LogP contribution in [0.1, 0.15) is 30.9 Å². The lowest BCUT2D eigenvalue weighted by Crippen LogP contribution is -2.52. The van der Waals surface area contributed by atoms with E-state index in [1.165, 1.54) is 11.1 Å². The van der Waals surface area contributed by atoms with Crippen LogP contribution < -0.4 is 10.2 Å². The number of nitrogens with one attached hydrogen (secondary N) is 1. The lowest BCUT2D eigenvalue weighted by molar-refractivity contribution is -0.131. The molecule has 1 fully saturated rings. The molecule has 1 saturated heterocycles. The summed E-state index contributed by atoms with van der Waals surface area (Å²) in [4.78, 5) is 23.8. The molecule has 0 aromatic heterocycles. The van der Waals surface area contributed by atoms with Crippen LogP contribution in [0.5, 0.6) is 5.75 Å². The summed E-state index contributed by atoms with van der Waals surface area (Å²) < 4.78 is 0. The van der Waals surface area contributed by atoms with Crippen molar-refractivity contribution >= 4 is 17.6 Å². The number of rotatable bonds is 6. The topological polar surface area (TPSA) is 71.4 Å². The number of anilines is 1. The van der Waals surface area contributed by atoms with Crippen molar-refractivity contribution in [3.63, 3.8) is 0 Å². The average Bonchev–Trinajstić information content (AvgIpc) is 3.26. The average molecular weight is 436 g/mol. The molecule has 32 heavy (non-hydrogen) atoms. The highest BCUT2D eigenvalue weighted by atomic mass is 16.3. The van der Waals surface area contributed by atoms with Gasteiger partial charge in [0.25, 0.3) is 0 Å². The number of fused-ring (bicyclic) bond motifs is 1. The number of benzene rings is 2. The fourth-order valence-corrected chi connectivity index (χ4v) is 4.40. The summed E-state index contributed by atoms with van der Waals surface area (Å²) in [5.41, 5.74) is 3.41. The first-order valence-corrected chi connectivity index (χ1v) is 11.6. The molecule has 0 bridgehead atoms. The van der Waals surface area contributed by atoms with Crippen LogP contribution in [0.2, 0.25) is 0 Å². The SMILES string of the molecule is CCNC(=NCCCC(=O)N1Cc2ccccc2C1)N1CCN(c2ccccc2O)CC1. The first kappa shape index (κ1) is 22.0. The Kier molecular flexibility index (Phi) is 7.14. The van der Waals surface area contributed by atoms with Gasteiger partial charge < -0.3 is 25.1 Å². The highest BCUT2D eigenvalue weighted by Gasteiger charge is 2.23. The molecule has 0 spiro atoms. The summed E-state index contributed by atoms with van der Waals surface area (Å²) in [5.74, 6) is 1.44. The minimum Gasteiger partial charge on any atom is -0.506 e. The largest absolute Gasteiger partial charge is 0.506 e. The van der Waals surface area contributed by atoms with Gasteiger partial charge in [0.15, 0.2) is 5.96 Å². The number of nitrogens with zero attached hydrogens (tertiary/aromatic N) is 4. The molecule has 170 valence electrons. The Hall–Kier alpha value is -3.22. The van der Waals surface area contributed by atoms with E-state index in [2.05, 4.69) is 34.2 Å². The van der Waals surface area contributed by atoms with Crippen LogP contribution in [-0.2, 0) is 17.9 Å². The zero-order chi connectivity index (χ0) is 22.3. The Bertz CT molecular complexity index is 928. The van der Waals surface area contributed by atoms with E-state index in [1.54, 1.807) is 6.07 Å². The summed E-state index contributed by atoms with van der Waals surface area (Å²) in [6.07, 6.45) is 1.27. The fraction of sp³-hybridized carbons (Fsp3) is 0.440. The van der Waals surface area contributed by atoms with Crippen molar-refractivity contribution in [2.75, 3.05) is 44.2 Å². The summed E-state index contributed by atoms with van der Waals surface area (Å²) in [6, 6.07) is 15.8. The number of carbonyl (C=O) groups excluding carboxylic acids is 1. The van der Waals surface area contributed by atoms with Crippen molar-refractivity contribution in [1.82, 2.24) is 15.1 Å². The predicted molar refractivity (Wildman–Crippen MR) is 128 cm³/mol. The van der Waals surface area contributed by atoms with Gasteiger partial charge in [-0.2, -0.15) is 0 Å². The van der Waals surface area contributed by atoms with Gasteiger partial charge >= 0.3 is 0 Å². The number of phenolic OH excluding ortho intramolecular Hbond substituents is 1. The van der Waals surface area contributed by atoms with Crippen LogP contribution in [0, 0.1) is 0 Å². The van der Waals surface area contributed by atoms with E-state index < -0.39 is 0 Å². The van der Waals surface area contributed by atoms with Gasteiger partial charge in [0.05, 0.1) is 5.69 Å². The molecule has 4 rings (SSSR count). The second-order valence-corrected chi connectivity index (χ2v) is 8.32. The molecule has 0 radical (unpaired) electrons. The van der Waals surface area contributed by atoms with Gasteiger partial charge in [0, 0.05) is 58.8 Å². The van der Waals surface area contributed by atoms with Gasteiger partial charge in [-0.05, 0) is 36.6 Å². The third-order valence-electron chi connectivity index (χ3n) is 6.14. The van der Waals surface area contributed by atoms with Gasteiger partial charge in [-0.1, -0.05) is 36.4 Å². The molecule has 7 nitrogen and oxygen atoms in total. The van der Waals surface area contributed by atoms with Crippen molar-refractivity contribution in [2.24, 2.45) is 4.99 Å². The summed E-state index contributed by atoms with van der Waals surface area (Å²) in [7, 11) is 0. The molecule has 0 unspecified atom stereocenters. The van der Waals surface area contributed by atoms with E-state index in [-0.39, 0.29) is 5.91 Å². The zero-order valence-electron chi connectivity index (χ0n) is 18.8. The van der Waals surface area contributed by atoms with Crippen molar-refractivity contribution in [3.8, 4) is 5.75 Å². The second kappa shape index (κ2) is 10.4. The maximum atomic E-state index is 12.6. The number of para-hydroxylation sites is 2. The molecule has 2 aliphatic heterocycles. The van der Waals surface area contributed by atoms with Gasteiger partial charge in [0.2, 0.25) is 5.91 Å². The number of hydrogen-bond acceptors (Lipinski definition) is 4. The standard InChI is InChI=1S/C25H33N5O2/c1-2-26-25(29-16-14-28(15-17-29)22-10-5-6-11-23(22)31)27-13-7-12-24(32)30-18-20-8-3-4-9-21(20)19-30/h3-6,8-11,31H,2,7,12-19H2,1H3,(H,26,27). The van der Waals surface area contributed by atoms with E-state index in [1.807, 2.05) is 35.2 Å². The van der Waals surface area contributed by atoms with E-state index in [0.717, 1.165) is 63.9 Å². The Morgan fingerprint density at radius 3 is 2.28 bits per heavy atom. The van der Waals surface area contributed by atoms with Gasteiger partial charge in [-0.3, -0.25) is 9.79 Å². The lowest BCUT2D eigenvalue weighted by Gasteiger charge is -2.37. The molecule has 2 aromatic carbocycles. The number of aliphatic imine (C=N–C) groups is 1. The van der Waals surface area contributed by atoms with Crippen molar-refractivity contribution in [2.45, 2.75) is 32.9 Å². The molecule has 0 saturated carbocycles. The highest BCUT2D eigenvalue weighted by Crippen LogP contribution is 2.27. The molecule has 0 aliphatic carbocycles. The van der Waals surface area contributed by atoms with Crippen molar-refractivity contribution in [3.05, 3.63) is 59.7 Å². The number of piperazine rings is 1. The van der Waals surface area contributed by atoms with Crippen LogP contribution >= 0.6 is 0 Å². The number of phenols is 1. The molecular formula is C25H33N5O2. The molecule has 2 aromatic rings. The third-order valence-corrected chi connectivity index (χ3v) is 6.14. The quantitative estimate of drug-likeness (QED) is 0.415. The number of guanidine groups is 1. The van der Waals surface area contributed by atoms with E-state index in [4.69, 9.17) is 4.99 Å². The van der Waals surface area contributed by atoms with E-state index in [9.17, 15) is 9.90 Å². The van der Waals surface area contributed by atoms with E-state index in [0.29, 0.717) is 18.7 Å². The summed E-state index contributed by atoms with van der Waals surface area (Å²) in [6.45, 7) is 8.30. The van der Waals surface area contributed by atoms with Crippen molar-refractivity contribution < 1.29 is 9.90 Å². The monoisotopic (exact) mass is 435 g/mol. The zero-order valence-corrected chi connectivity index (χ0v) is 18.8. The van der Waals surface area contributed by atoms with Gasteiger partial charge in [-0.15, -0.1) is 0 Å². The Labute approximate surface area is 190 Å². The molecule has 0 atom stereocenters. The highest BCUT2D eigenvalue weighted by molar-refractivity contribution is 5.80. The molecule has 7 heteroatoms. The Morgan fingerprint density at radius 2 is 1.62 bits per heavy atom. The van der Waals surface area contributed by atoms with Gasteiger partial charge in [-0.25, -0.2) is 0 Å². The van der Waals surface area contributed by atoms with Crippen LogP contribution in [0.15, 0.2) is 53.5 Å². The lowest BCUT2D eigenvalue weighted by atomic mass is 10.1. The second-order valence-electron chi connectivity index (χ2n) is 8.32. The molecule has 2 N–H and O–H groups in total. The molecule has 2 heterocycles. The number of aromatic hydroxyl groups is 1. The van der Waals surface area contributed by atoms with E-state index >= 15 is 0 Å². The summed E-state index contributed by atoms with van der Waals surface area (Å²) in [5, 5.41) is 13.5. The third kappa shape index (κ3) is 5.15. The molecular weight excluding hydrogens is 402 g/mol. The van der Waals surface area contributed by atoms with Crippen LogP contribution in [0.3, 0.4) is 0 Å². The smallest absolute Gasteiger partial charge is 0.223 e. The molecule has 2 aliphatic rings. The number of amides is 1. The normalized spacial score (nSPS) is 16.3. The number of hydrogen-bond donors (Lipinski definition) is 2. The van der Waals surface area contributed by atoms with Crippen molar-refractivity contribution in [1.29, 1.82) is 0 Å². The summed E-state index contributed by atoms with van der Waals surface area (Å²) >= 11 is 0. The van der Waals surface area contributed by atoms with Crippen LogP contribution in [0.4, 0.5) is 5.69 Å².